The summed E-state index contributed by atoms with van der Waals surface area (Å²) >= 11 is 0. The van der Waals surface area contributed by atoms with Gasteiger partial charge in [-0.15, -0.1) is 0 Å². The van der Waals surface area contributed by atoms with E-state index in [-0.39, 0.29) is 18.0 Å². The molecular formula is C42H45N7O. The summed E-state index contributed by atoms with van der Waals surface area (Å²) < 4.78 is 0. The average Bonchev–Trinajstić information content (AvgIpc) is 4.01. The summed E-state index contributed by atoms with van der Waals surface area (Å²) in [6, 6.07) is 32.1. The number of imidazole rings is 2. The molecule has 0 aliphatic carbocycles. The lowest BCUT2D eigenvalue weighted by molar-refractivity contribution is -0.138. The van der Waals surface area contributed by atoms with Crippen LogP contribution in [-0.2, 0) is 4.79 Å². The highest BCUT2D eigenvalue weighted by Gasteiger charge is 2.38. The van der Waals surface area contributed by atoms with E-state index in [0.717, 1.165) is 90.7 Å². The van der Waals surface area contributed by atoms with E-state index in [1.54, 1.807) is 0 Å². The van der Waals surface area contributed by atoms with E-state index < -0.39 is 0 Å². The molecular weight excluding hydrogens is 619 g/mol. The van der Waals surface area contributed by atoms with Gasteiger partial charge in [0.1, 0.15) is 17.7 Å². The number of aromatic amines is 2. The fourth-order valence-electron chi connectivity index (χ4n) is 7.87. The largest absolute Gasteiger partial charge is 0.341 e. The van der Waals surface area contributed by atoms with Crippen molar-refractivity contribution in [2.45, 2.75) is 57.7 Å². The second kappa shape index (κ2) is 14.1. The SMILES string of the molecule is CCN(CC)[C@@H](C(=O)N1CCCC1c1ncc(-c2ccc(-c3ccc4cc(-c5cnc([C@@H]6CCCN6)[nH]5)ccc4c3)cc2)[nH]1)c1ccccc1. The van der Waals surface area contributed by atoms with Crippen molar-refractivity contribution in [2.75, 3.05) is 26.2 Å². The van der Waals surface area contributed by atoms with E-state index in [2.05, 4.69) is 112 Å². The molecule has 0 radical (unpaired) electrons. The summed E-state index contributed by atoms with van der Waals surface area (Å²) in [7, 11) is 0. The van der Waals surface area contributed by atoms with Gasteiger partial charge in [-0.1, -0.05) is 92.7 Å². The Morgan fingerprint density at radius 1 is 0.760 bits per heavy atom. The van der Waals surface area contributed by atoms with Crippen LogP contribution in [0.1, 0.15) is 74.9 Å². The first-order chi connectivity index (χ1) is 24.6. The Hall–Kier alpha value is -5.05. The maximum atomic E-state index is 14.2. The van der Waals surface area contributed by atoms with E-state index in [1.807, 2.05) is 35.5 Å². The minimum absolute atomic E-state index is 0.0602. The molecule has 0 bridgehead atoms. The number of hydrogen-bond donors (Lipinski definition) is 3. The number of fused-ring (bicyclic) bond motifs is 1. The second-order valence-electron chi connectivity index (χ2n) is 13.6. The molecule has 4 aromatic carbocycles. The highest BCUT2D eigenvalue weighted by atomic mass is 16.2. The molecule has 4 heterocycles. The number of carbonyl (C=O) groups is 1. The third-order valence-corrected chi connectivity index (χ3v) is 10.6. The van der Waals surface area contributed by atoms with E-state index >= 15 is 0 Å². The Labute approximate surface area is 294 Å². The minimum atomic E-state index is -0.297. The maximum Gasteiger partial charge on any atom is 0.245 e. The first-order valence-corrected chi connectivity index (χ1v) is 18.2. The molecule has 2 aliphatic rings. The molecule has 8 nitrogen and oxygen atoms in total. The molecule has 1 amide bonds. The first kappa shape index (κ1) is 32.2. The Bertz CT molecular complexity index is 2070. The summed E-state index contributed by atoms with van der Waals surface area (Å²) in [5, 5.41) is 5.93. The summed E-state index contributed by atoms with van der Waals surface area (Å²) in [5.41, 5.74) is 7.63. The molecule has 0 spiro atoms. The quantitative estimate of drug-likeness (QED) is 0.137. The number of benzene rings is 4. The van der Waals surface area contributed by atoms with Gasteiger partial charge in [-0.05, 0) is 90.5 Å². The lowest BCUT2D eigenvalue weighted by atomic mass is 9.98. The van der Waals surface area contributed by atoms with Crippen molar-refractivity contribution in [1.82, 2.24) is 35.1 Å². The minimum Gasteiger partial charge on any atom is -0.341 e. The molecule has 1 unspecified atom stereocenters. The summed E-state index contributed by atoms with van der Waals surface area (Å²) in [4.78, 5) is 35.1. The van der Waals surface area contributed by atoms with Crippen LogP contribution in [0.15, 0.2) is 103 Å². The van der Waals surface area contributed by atoms with Crippen molar-refractivity contribution in [3.63, 3.8) is 0 Å². The van der Waals surface area contributed by atoms with Crippen LogP contribution in [0, 0.1) is 0 Å². The van der Waals surface area contributed by atoms with Gasteiger partial charge in [0.2, 0.25) is 5.91 Å². The van der Waals surface area contributed by atoms with Gasteiger partial charge in [-0.2, -0.15) is 0 Å². The summed E-state index contributed by atoms with van der Waals surface area (Å²) in [6.45, 7) is 7.68. The predicted molar refractivity (Wildman–Crippen MR) is 200 cm³/mol. The number of likely N-dealkylation sites (tertiary alicyclic amines) is 1. The maximum absolute atomic E-state index is 14.2. The zero-order chi connectivity index (χ0) is 34.0. The Morgan fingerprint density at radius 3 is 2.12 bits per heavy atom. The third kappa shape index (κ3) is 6.25. The number of H-pyrrole nitrogens is 2. The van der Waals surface area contributed by atoms with Crippen LogP contribution in [0.4, 0.5) is 0 Å². The van der Waals surface area contributed by atoms with Crippen molar-refractivity contribution in [3.8, 4) is 33.6 Å². The van der Waals surface area contributed by atoms with Gasteiger partial charge in [0.25, 0.3) is 0 Å². The van der Waals surface area contributed by atoms with Crippen LogP contribution < -0.4 is 5.32 Å². The summed E-state index contributed by atoms with van der Waals surface area (Å²) in [6.07, 6.45) is 8.06. The van der Waals surface area contributed by atoms with Crippen molar-refractivity contribution >= 4 is 16.7 Å². The van der Waals surface area contributed by atoms with E-state index in [1.165, 1.54) is 22.8 Å². The number of rotatable bonds is 10. The second-order valence-corrected chi connectivity index (χ2v) is 13.6. The van der Waals surface area contributed by atoms with Crippen LogP contribution in [0.3, 0.4) is 0 Å². The molecule has 0 saturated carbocycles. The number of aromatic nitrogens is 4. The number of nitrogens with one attached hydrogen (secondary N) is 3. The van der Waals surface area contributed by atoms with Gasteiger partial charge >= 0.3 is 0 Å². The summed E-state index contributed by atoms with van der Waals surface area (Å²) in [5.74, 6) is 2.04. The van der Waals surface area contributed by atoms with Crippen molar-refractivity contribution < 1.29 is 4.79 Å². The highest BCUT2D eigenvalue weighted by Crippen LogP contribution is 2.36. The van der Waals surface area contributed by atoms with E-state index in [0.29, 0.717) is 6.04 Å². The van der Waals surface area contributed by atoms with Crippen molar-refractivity contribution in [3.05, 3.63) is 121 Å². The number of amides is 1. The van der Waals surface area contributed by atoms with Gasteiger partial charge in [-0.25, -0.2) is 9.97 Å². The zero-order valence-corrected chi connectivity index (χ0v) is 28.9. The Balaban J connectivity index is 0.979. The molecule has 3 N–H and O–H groups in total. The highest BCUT2D eigenvalue weighted by molar-refractivity contribution is 5.90. The topological polar surface area (TPSA) is 92.9 Å². The zero-order valence-electron chi connectivity index (χ0n) is 28.9. The normalized spacial score (nSPS) is 18.3. The number of carbonyl (C=O) groups excluding carboxylic acids is 1. The Kier molecular flexibility index (Phi) is 9.04. The van der Waals surface area contributed by atoms with Gasteiger partial charge in [-0.3, -0.25) is 9.69 Å². The van der Waals surface area contributed by atoms with Gasteiger partial charge in [0, 0.05) is 12.1 Å². The van der Waals surface area contributed by atoms with Crippen molar-refractivity contribution in [2.24, 2.45) is 0 Å². The molecule has 8 rings (SSSR count). The molecule has 2 fully saturated rings. The van der Waals surface area contributed by atoms with Gasteiger partial charge in [0.15, 0.2) is 0 Å². The molecule has 3 atom stereocenters. The molecule has 2 aliphatic heterocycles. The van der Waals surface area contributed by atoms with Crippen LogP contribution >= 0.6 is 0 Å². The molecule has 6 aromatic rings. The molecule has 8 heteroatoms. The number of nitrogens with zero attached hydrogens (tertiary/aromatic N) is 4. The number of likely N-dealkylation sites (N-methyl/N-ethyl adjacent to an activating group) is 1. The Morgan fingerprint density at radius 2 is 1.40 bits per heavy atom. The molecule has 2 aromatic heterocycles. The lowest BCUT2D eigenvalue weighted by Crippen LogP contribution is -2.43. The van der Waals surface area contributed by atoms with Crippen molar-refractivity contribution in [1.29, 1.82) is 0 Å². The average molecular weight is 664 g/mol. The van der Waals surface area contributed by atoms with Crippen LogP contribution in [0.2, 0.25) is 0 Å². The predicted octanol–water partition coefficient (Wildman–Crippen LogP) is 8.46. The van der Waals surface area contributed by atoms with E-state index in [9.17, 15) is 4.79 Å². The number of hydrogen-bond acceptors (Lipinski definition) is 5. The fraction of sp³-hybridized carbons (Fsp3) is 0.310. The third-order valence-electron chi connectivity index (χ3n) is 10.6. The first-order valence-electron chi connectivity index (χ1n) is 18.2. The monoisotopic (exact) mass is 663 g/mol. The van der Waals surface area contributed by atoms with E-state index in [4.69, 9.17) is 4.98 Å². The van der Waals surface area contributed by atoms with Crippen LogP contribution in [0.5, 0.6) is 0 Å². The smallest absolute Gasteiger partial charge is 0.245 e. The molecule has 50 heavy (non-hydrogen) atoms. The fourth-order valence-corrected chi connectivity index (χ4v) is 7.87. The van der Waals surface area contributed by atoms with Gasteiger partial charge in [0.05, 0.1) is 35.9 Å². The standard InChI is InChI=1S/C42H45N7O/c1-3-48(4-2)39(30-10-6-5-7-11-30)42(50)49-23-9-13-38(49)41-45-26-36(47-41)29-16-14-28(15-17-29)31-18-19-33-25-34(21-20-32(33)24-31)37-27-44-40(46-37)35-12-8-22-43-35/h5-7,10-11,14-21,24-27,35,38-39,43H,3-4,8-9,12-13,22-23H2,1-2H3,(H,44,46)(H,45,47)/t35-,38?,39+/m0/s1. The molecule has 254 valence electrons. The lowest BCUT2D eigenvalue weighted by Gasteiger charge is -2.34. The van der Waals surface area contributed by atoms with Gasteiger partial charge < -0.3 is 20.2 Å². The molecule has 2 saturated heterocycles. The van der Waals surface area contributed by atoms with Crippen LogP contribution in [-0.4, -0.2) is 61.8 Å². The van der Waals surface area contributed by atoms with Crippen LogP contribution in [0.25, 0.3) is 44.4 Å².